The molecule has 2 heterocycles. The lowest BCUT2D eigenvalue weighted by molar-refractivity contribution is 0.700. The number of nitrogen functional groups attached to an aromatic ring is 1. The van der Waals surface area contributed by atoms with Gasteiger partial charge in [-0.2, -0.15) is 0 Å². The summed E-state index contributed by atoms with van der Waals surface area (Å²) >= 11 is 7.50. The molecule has 78 valence electrons. The Labute approximate surface area is 96.3 Å². The second-order valence-electron chi connectivity index (χ2n) is 3.77. The number of halogens is 1. The average molecular weight is 240 g/mol. The first-order chi connectivity index (χ1) is 7.25. The van der Waals surface area contributed by atoms with Gasteiger partial charge in [0.25, 0.3) is 0 Å². The number of fused-ring (bicyclic) bond motifs is 3. The van der Waals surface area contributed by atoms with Crippen LogP contribution in [0.4, 0.5) is 5.82 Å². The topological polar surface area (TPSA) is 51.8 Å². The Morgan fingerprint density at radius 1 is 1.20 bits per heavy atom. The number of nitrogens with zero attached hydrogens (tertiary/aromatic N) is 2. The van der Waals surface area contributed by atoms with Crippen molar-refractivity contribution < 1.29 is 0 Å². The van der Waals surface area contributed by atoms with Crippen LogP contribution in [0.5, 0.6) is 0 Å². The maximum Gasteiger partial charge on any atom is 0.225 e. The summed E-state index contributed by atoms with van der Waals surface area (Å²) in [7, 11) is 0. The van der Waals surface area contributed by atoms with E-state index in [1.807, 2.05) is 0 Å². The van der Waals surface area contributed by atoms with Crippen LogP contribution in [-0.4, -0.2) is 9.97 Å². The zero-order chi connectivity index (χ0) is 10.4. The van der Waals surface area contributed by atoms with E-state index in [1.54, 1.807) is 11.3 Å². The van der Waals surface area contributed by atoms with Gasteiger partial charge >= 0.3 is 0 Å². The average Bonchev–Trinajstić information content (AvgIpc) is 2.54. The van der Waals surface area contributed by atoms with Gasteiger partial charge in [0.1, 0.15) is 10.6 Å². The molecule has 0 bridgehead atoms. The molecule has 1 aliphatic carbocycles. The summed E-state index contributed by atoms with van der Waals surface area (Å²) in [5, 5.41) is 1.29. The SMILES string of the molecule is Nc1nc(Cl)nc2sc3c(c12)CCCC3. The van der Waals surface area contributed by atoms with E-state index in [0.717, 1.165) is 23.1 Å². The highest BCUT2D eigenvalue weighted by atomic mass is 35.5. The minimum atomic E-state index is 0.249. The monoisotopic (exact) mass is 239 g/mol. The van der Waals surface area contributed by atoms with Gasteiger partial charge in [-0.15, -0.1) is 11.3 Å². The fraction of sp³-hybridized carbons (Fsp3) is 0.400. The Morgan fingerprint density at radius 3 is 2.87 bits per heavy atom. The Hall–Kier alpha value is -0.870. The number of aryl methyl sites for hydroxylation is 2. The number of aromatic nitrogens is 2. The molecular formula is C10H10ClN3S. The quantitative estimate of drug-likeness (QED) is 0.720. The van der Waals surface area contributed by atoms with E-state index in [4.69, 9.17) is 17.3 Å². The smallest absolute Gasteiger partial charge is 0.225 e. The fourth-order valence-electron chi connectivity index (χ4n) is 2.16. The summed E-state index contributed by atoms with van der Waals surface area (Å²) in [6, 6.07) is 0. The highest BCUT2D eigenvalue weighted by Crippen LogP contribution is 2.37. The molecule has 0 fully saturated rings. The highest BCUT2D eigenvalue weighted by Gasteiger charge is 2.19. The van der Waals surface area contributed by atoms with Crippen LogP contribution in [0.1, 0.15) is 23.3 Å². The molecule has 0 radical (unpaired) electrons. The van der Waals surface area contributed by atoms with Crippen molar-refractivity contribution in [2.75, 3.05) is 5.73 Å². The van der Waals surface area contributed by atoms with Gasteiger partial charge in [0.05, 0.1) is 5.39 Å². The minimum Gasteiger partial charge on any atom is -0.383 e. The summed E-state index contributed by atoms with van der Waals surface area (Å²) in [6.45, 7) is 0. The molecule has 2 aromatic rings. The van der Waals surface area contributed by atoms with Gasteiger partial charge in [-0.05, 0) is 42.8 Å². The standard InChI is InChI=1S/C10H10ClN3S/c11-10-13-8(12)7-5-3-1-2-4-6(5)15-9(7)14-10/h1-4H2,(H2,12,13,14). The van der Waals surface area contributed by atoms with Crippen LogP contribution in [0.25, 0.3) is 10.2 Å². The number of anilines is 1. The molecule has 2 aromatic heterocycles. The van der Waals surface area contributed by atoms with Crippen molar-refractivity contribution in [2.24, 2.45) is 0 Å². The van der Waals surface area contributed by atoms with Crippen LogP contribution in [-0.2, 0) is 12.8 Å². The Morgan fingerprint density at radius 2 is 2.00 bits per heavy atom. The fourth-order valence-corrected chi connectivity index (χ4v) is 3.65. The van der Waals surface area contributed by atoms with E-state index in [1.165, 1.54) is 23.3 Å². The Balaban J connectivity index is 2.37. The number of thiophene rings is 1. The van der Waals surface area contributed by atoms with Gasteiger partial charge in [-0.1, -0.05) is 0 Å². The molecule has 0 aliphatic heterocycles. The molecule has 0 saturated heterocycles. The molecule has 0 amide bonds. The third-order valence-corrected chi connectivity index (χ3v) is 4.17. The molecule has 3 rings (SSSR count). The van der Waals surface area contributed by atoms with Gasteiger partial charge < -0.3 is 5.73 Å². The molecule has 0 unspecified atom stereocenters. The van der Waals surface area contributed by atoms with E-state index in [9.17, 15) is 0 Å². The zero-order valence-electron chi connectivity index (χ0n) is 8.09. The number of hydrogen-bond acceptors (Lipinski definition) is 4. The lowest BCUT2D eigenvalue weighted by atomic mass is 9.97. The van der Waals surface area contributed by atoms with Crippen LogP contribution in [0.3, 0.4) is 0 Å². The molecule has 3 nitrogen and oxygen atoms in total. The zero-order valence-corrected chi connectivity index (χ0v) is 9.66. The lowest BCUT2D eigenvalue weighted by Gasteiger charge is -2.10. The van der Waals surface area contributed by atoms with Crippen LogP contribution < -0.4 is 5.73 Å². The van der Waals surface area contributed by atoms with Crippen molar-refractivity contribution in [1.82, 2.24) is 9.97 Å². The van der Waals surface area contributed by atoms with Crippen molar-refractivity contribution in [3.05, 3.63) is 15.7 Å². The second kappa shape index (κ2) is 3.32. The van der Waals surface area contributed by atoms with E-state index in [-0.39, 0.29) is 5.28 Å². The molecular weight excluding hydrogens is 230 g/mol. The molecule has 15 heavy (non-hydrogen) atoms. The third-order valence-electron chi connectivity index (χ3n) is 2.82. The van der Waals surface area contributed by atoms with Crippen molar-refractivity contribution in [2.45, 2.75) is 25.7 Å². The van der Waals surface area contributed by atoms with Crippen molar-refractivity contribution in [3.8, 4) is 0 Å². The first-order valence-electron chi connectivity index (χ1n) is 4.99. The van der Waals surface area contributed by atoms with Crippen molar-refractivity contribution in [1.29, 1.82) is 0 Å². The van der Waals surface area contributed by atoms with Gasteiger partial charge in [0.2, 0.25) is 5.28 Å². The van der Waals surface area contributed by atoms with Crippen LogP contribution in [0.2, 0.25) is 5.28 Å². The van der Waals surface area contributed by atoms with Gasteiger partial charge in [0, 0.05) is 4.88 Å². The van der Waals surface area contributed by atoms with Gasteiger partial charge in [0.15, 0.2) is 0 Å². The van der Waals surface area contributed by atoms with Gasteiger partial charge in [-0.25, -0.2) is 9.97 Å². The molecule has 1 aliphatic rings. The van der Waals surface area contributed by atoms with E-state index in [2.05, 4.69) is 9.97 Å². The first kappa shape index (κ1) is 9.36. The van der Waals surface area contributed by atoms with E-state index in [0.29, 0.717) is 5.82 Å². The molecule has 0 aromatic carbocycles. The lowest BCUT2D eigenvalue weighted by Crippen LogP contribution is -2.00. The summed E-state index contributed by atoms with van der Waals surface area (Å²) in [4.78, 5) is 10.6. The molecule has 0 saturated carbocycles. The number of hydrogen-bond donors (Lipinski definition) is 1. The largest absolute Gasteiger partial charge is 0.383 e. The van der Waals surface area contributed by atoms with Crippen molar-refractivity contribution in [3.63, 3.8) is 0 Å². The minimum absolute atomic E-state index is 0.249. The Kier molecular flexibility index (Phi) is 2.07. The van der Waals surface area contributed by atoms with Crippen molar-refractivity contribution >= 4 is 39.0 Å². The summed E-state index contributed by atoms with van der Waals surface area (Å²) in [5.74, 6) is 0.532. The summed E-state index contributed by atoms with van der Waals surface area (Å²) in [5.41, 5.74) is 7.25. The third kappa shape index (κ3) is 1.40. The van der Waals surface area contributed by atoms with E-state index >= 15 is 0 Å². The summed E-state index contributed by atoms with van der Waals surface area (Å²) in [6.07, 6.45) is 4.75. The van der Waals surface area contributed by atoms with Crippen LogP contribution in [0.15, 0.2) is 0 Å². The van der Waals surface area contributed by atoms with Crippen LogP contribution in [0, 0.1) is 0 Å². The molecule has 5 heteroatoms. The maximum absolute atomic E-state index is 5.90. The Bertz CT molecular complexity index is 535. The normalized spacial score (nSPS) is 15.5. The van der Waals surface area contributed by atoms with Crippen LogP contribution >= 0.6 is 22.9 Å². The first-order valence-corrected chi connectivity index (χ1v) is 6.18. The maximum atomic E-state index is 5.90. The number of nitrogens with two attached hydrogens (primary N) is 1. The number of rotatable bonds is 0. The predicted octanol–water partition coefficient (Wildman–Crippen LogP) is 2.81. The predicted molar refractivity (Wildman–Crippen MR) is 63.5 cm³/mol. The second-order valence-corrected chi connectivity index (χ2v) is 5.19. The highest BCUT2D eigenvalue weighted by molar-refractivity contribution is 7.19. The molecule has 0 spiro atoms. The molecule has 2 N–H and O–H groups in total. The van der Waals surface area contributed by atoms with Gasteiger partial charge in [-0.3, -0.25) is 0 Å². The van der Waals surface area contributed by atoms with E-state index < -0.39 is 0 Å². The molecule has 0 atom stereocenters. The summed E-state index contributed by atoms with van der Waals surface area (Å²) < 4.78 is 0.